The number of likely N-dealkylation sites (N-methyl/N-ethyl adjacent to an activating group) is 1. The van der Waals surface area contributed by atoms with E-state index in [1.165, 1.54) is 22.0 Å². The van der Waals surface area contributed by atoms with E-state index in [2.05, 4.69) is 15.6 Å². The van der Waals surface area contributed by atoms with Gasteiger partial charge < -0.3 is 25.2 Å². The van der Waals surface area contributed by atoms with Gasteiger partial charge in [-0.15, -0.1) is 11.3 Å². The van der Waals surface area contributed by atoms with Crippen molar-refractivity contribution in [3.8, 4) is 16.1 Å². The van der Waals surface area contributed by atoms with E-state index < -0.39 is 29.4 Å². The fraction of sp³-hybridized carbons (Fsp3) is 0.243. The second-order valence-corrected chi connectivity index (χ2v) is 12.9. The Morgan fingerprint density at radius 3 is 2.39 bits per heavy atom. The summed E-state index contributed by atoms with van der Waals surface area (Å²) >= 11 is 1.20. The molecule has 0 saturated carbocycles. The van der Waals surface area contributed by atoms with Gasteiger partial charge in [0.15, 0.2) is 0 Å². The number of aromatic nitrogens is 4. The molecule has 0 fully saturated rings. The van der Waals surface area contributed by atoms with Gasteiger partial charge in [-0.05, 0) is 61.5 Å². The third-order valence-corrected chi connectivity index (χ3v) is 9.80. The van der Waals surface area contributed by atoms with Gasteiger partial charge in [0.1, 0.15) is 22.3 Å². The molecule has 6 rings (SSSR count). The maximum Gasteiger partial charge on any atom is 0.337 e. The molecule has 3 heterocycles. The zero-order valence-electron chi connectivity index (χ0n) is 28.1. The van der Waals surface area contributed by atoms with Crippen molar-refractivity contribution in [3.63, 3.8) is 0 Å². The molecule has 3 aromatic heterocycles. The number of anilines is 1. The van der Waals surface area contributed by atoms with Crippen molar-refractivity contribution in [2.75, 3.05) is 32.1 Å². The third-order valence-electron chi connectivity index (χ3n) is 8.50. The van der Waals surface area contributed by atoms with Crippen molar-refractivity contribution < 1.29 is 18.7 Å². The zero-order chi connectivity index (χ0) is 36.1. The third kappa shape index (κ3) is 7.53. The van der Waals surface area contributed by atoms with Crippen molar-refractivity contribution in [1.29, 1.82) is 0 Å². The monoisotopic (exact) mass is 713 g/mol. The molecule has 14 heteroatoms. The van der Waals surface area contributed by atoms with Gasteiger partial charge in [0.2, 0.25) is 0 Å². The van der Waals surface area contributed by atoms with E-state index in [4.69, 9.17) is 0 Å². The average molecular weight is 714 g/mol. The van der Waals surface area contributed by atoms with Crippen LogP contribution in [0.1, 0.15) is 23.9 Å². The number of imidazole rings is 1. The standard InChI is InChI=1S/C37H37F2N7O4S/c1-3-40-36(49)42-25-14-12-24(13-15-25)33-28(22-43(2)19-20-44-18-17-41-31(44)16-21-47)32-34(48)46(26-8-5-4-6-9-26)37(50)45(35(32)51-33)23-27-29(38)10-7-11-30(27)39/h4-15,17-18,47H,3,16,19-23H2,1-2H3,(H2,40,42,49). The number of halogens is 2. The van der Waals surface area contributed by atoms with Crippen LogP contribution in [0.3, 0.4) is 0 Å². The van der Waals surface area contributed by atoms with E-state index in [0.29, 0.717) is 47.9 Å². The topological polar surface area (TPSA) is 126 Å². The minimum absolute atomic E-state index is 0.0269. The molecule has 51 heavy (non-hydrogen) atoms. The average Bonchev–Trinajstić information content (AvgIpc) is 3.72. The minimum Gasteiger partial charge on any atom is -0.396 e. The predicted molar refractivity (Wildman–Crippen MR) is 195 cm³/mol. The van der Waals surface area contributed by atoms with Crippen molar-refractivity contribution in [2.24, 2.45) is 0 Å². The molecule has 0 spiro atoms. The van der Waals surface area contributed by atoms with Crippen LogP contribution in [0, 0.1) is 11.6 Å². The maximum atomic E-state index is 15.1. The first kappa shape index (κ1) is 35.4. The summed E-state index contributed by atoms with van der Waals surface area (Å²) in [5.74, 6) is -0.858. The van der Waals surface area contributed by atoms with E-state index in [1.807, 2.05) is 41.8 Å². The number of carbonyl (C=O) groups is 1. The molecule has 0 aliphatic rings. The number of hydrogen-bond donors (Lipinski definition) is 3. The van der Waals surface area contributed by atoms with Gasteiger partial charge in [-0.3, -0.25) is 9.36 Å². The summed E-state index contributed by atoms with van der Waals surface area (Å²) in [6.45, 7) is 3.21. The van der Waals surface area contributed by atoms with E-state index in [9.17, 15) is 19.5 Å². The summed E-state index contributed by atoms with van der Waals surface area (Å²) in [4.78, 5) is 48.3. The molecular weight excluding hydrogens is 677 g/mol. The number of rotatable bonds is 13. The van der Waals surface area contributed by atoms with Crippen molar-refractivity contribution in [3.05, 3.63) is 135 Å². The van der Waals surface area contributed by atoms with Crippen LogP contribution in [0.25, 0.3) is 26.3 Å². The van der Waals surface area contributed by atoms with E-state index >= 15 is 8.78 Å². The molecule has 264 valence electrons. The number of hydrogen-bond acceptors (Lipinski definition) is 7. The lowest BCUT2D eigenvalue weighted by Gasteiger charge is -2.19. The van der Waals surface area contributed by atoms with Gasteiger partial charge >= 0.3 is 11.7 Å². The summed E-state index contributed by atoms with van der Waals surface area (Å²) in [5.41, 5.74) is 0.665. The number of thiophene rings is 1. The first-order chi connectivity index (χ1) is 24.7. The molecular formula is C37H37F2N7O4S. The zero-order valence-corrected chi connectivity index (χ0v) is 28.9. The smallest absolute Gasteiger partial charge is 0.337 e. The molecule has 0 bridgehead atoms. The summed E-state index contributed by atoms with van der Waals surface area (Å²) in [6, 6.07) is 18.8. The van der Waals surface area contributed by atoms with Crippen LogP contribution >= 0.6 is 11.3 Å². The highest BCUT2D eigenvalue weighted by Gasteiger charge is 2.26. The lowest BCUT2D eigenvalue weighted by atomic mass is 10.1. The highest BCUT2D eigenvalue weighted by molar-refractivity contribution is 7.22. The molecule has 0 aliphatic heterocycles. The van der Waals surface area contributed by atoms with Gasteiger partial charge in [-0.25, -0.2) is 27.9 Å². The lowest BCUT2D eigenvalue weighted by Crippen LogP contribution is -2.39. The number of aliphatic hydroxyl groups excluding tert-OH is 1. The number of amides is 2. The second-order valence-electron chi connectivity index (χ2n) is 11.9. The number of nitrogens with one attached hydrogen (secondary N) is 2. The Labute approximate surface area is 296 Å². The molecule has 3 N–H and O–H groups in total. The number of nitrogens with zero attached hydrogens (tertiary/aromatic N) is 5. The van der Waals surface area contributed by atoms with Gasteiger partial charge in [0.05, 0.1) is 24.2 Å². The highest BCUT2D eigenvalue weighted by Crippen LogP contribution is 2.38. The maximum absolute atomic E-state index is 15.1. The predicted octanol–water partition coefficient (Wildman–Crippen LogP) is 5.21. The van der Waals surface area contributed by atoms with Crippen molar-refractivity contribution >= 4 is 33.3 Å². The molecule has 0 atom stereocenters. The van der Waals surface area contributed by atoms with Crippen molar-refractivity contribution in [2.45, 2.75) is 33.0 Å². The summed E-state index contributed by atoms with van der Waals surface area (Å²) in [5, 5.41) is 15.2. The number of carbonyl (C=O) groups excluding carboxylic acids is 1. The first-order valence-corrected chi connectivity index (χ1v) is 17.3. The number of benzene rings is 3. The summed E-state index contributed by atoms with van der Waals surface area (Å²) in [6.07, 6.45) is 3.95. The van der Waals surface area contributed by atoms with Gasteiger partial charge in [0, 0.05) is 61.1 Å². The van der Waals surface area contributed by atoms with Gasteiger partial charge in [-0.1, -0.05) is 36.4 Å². The fourth-order valence-corrected chi connectivity index (χ4v) is 7.28. The Morgan fingerprint density at radius 1 is 0.980 bits per heavy atom. The Hall–Kier alpha value is -5.44. The molecule has 3 aromatic carbocycles. The van der Waals surface area contributed by atoms with Crippen LogP contribution in [-0.2, 0) is 26.1 Å². The van der Waals surface area contributed by atoms with Crippen LogP contribution in [0.5, 0.6) is 0 Å². The van der Waals surface area contributed by atoms with Crippen LogP contribution in [0.4, 0.5) is 19.3 Å². The molecule has 0 unspecified atom stereocenters. The second kappa shape index (κ2) is 15.6. The normalized spacial score (nSPS) is 11.4. The van der Waals surface area contributed by atoms with Crippen molar-refractivity contribution in [1.82, 2.24) is 28.9 Å². The van der Waals surface area contributed by atoms with E-state index in [-0.39, 0.29) is 35.0 Å². The first-order valence-electron chi connectivity index (χ1n) is 16.4. The number of para-hydroxylation sites is 1. The van der Waals surface area contributed by atoms with Crippen LogP contribution in [-0.4, -0.2) is 61.5 Å². The fourth-order valence-electron chi connectivity index (χ4n) is 5.98. The summed E-state index contributed by atoms with van der Waals surface area (Å²) in [7, 11) is 1.91. The van der Waals surface area contributed by atoms with Gasteiger partial charge in [-0.2, -0.15) is 0 Å². The Morgan fingerprint density at radius 2 is 1.71 bits per heavy atom. The Balaban J connectivity index is 1.53. The largest absolute Gasteiger partial charge is 0.396 e. The number of fused-ring (bicyclic) bond motifs is 1. The highest BCUT2D eigenvalue weighted by atomic mass is 32.1. The molecule has 0 aliphatic carbocycles. The van der Waals surface area contributed by atoms with E-state index in [1.54, 1.807) is 48.7 Å². The van der Waals surface area contributed by atoms with Crippen LogP contribution in [0.2, 0.25) is 0 Å². The van der Waals surface area contributed by atoms with Gasteiger partial charge in [0.25, 0.3) is 5.56 Å². The minimum atomic E-state index is -0.806. The quantitative estimate of drug-likeness (QED) is 0.151. The van der Waals surface area contributed by atoms with E-state index in [0.717, 1.165) is 28.1 Å². The van der Waals surface area contributed by atoms with Crippen LogP contribution in [0.15, 0.2) is 94.8 Å². The SMILES string of the molecule is CCNC(=O)Nc1ccc(-c2sc3c(c2CN(C)CCn2ccnc2CCO)c(=O)n(-c2ccccc2)c(=O)n3Cc2c(F)cccc2F)cc1. The number of urea groups is 1. The summed E-state index contributed by atoms with van der Waals surface area (Å²) < 4.78 is 34.4. The molecule has 2 amide bonds. The van der Waals surface area contributed by atoms with Crippen LogP contribution < -0.4 is 21.9 Å². The number of aliphatic hydroxyl groups is 1. The molecule has 0 saturated heterocycles. The molecule has 0 radical (unpaired) electrons. The Bertz CT molecular complexity index is 2260. The molecule has 6 aromatic rings. The molecule has 11 nitrogen and oxygen atoms in total. The lowest BCUT2D eigenvalue weighted by molar-refractivity contribution is 0.252. The Kier molecular flexibility index (Phi) is 10.8.